The Labute approximate surface area is 203 Å². The van der Waals surface area contributed by atoms with E-state index in [1.807, 2.05) is 19.2 Å². The highest BCUT2D eigenvalue weighted by Gasteiger charge is 2.23. The van der Waals surface area contributed by atoms with Crippen LogP contribution < -0.4 is 14.8 Å². The van der Waals surface area contributed by atoms with Gasteiger partial charge in [0.05, 0.1) is 33.0 Å². The molecule has 0 aliphatic carbocycles. The van der Waals surface area contributed by atoms with Crippen molar-refractivity contribution in [3.8, 4) is 11.5 Å². The Hall–Kier alpha value is -1.26. The summed E-state index contributed by atoms with van der Waals surface area (Å²) in [6, 6.07) is 6.05. The zero-order valence-corrected chi connectivity index (χ0v) is 21.4. The van der Waals surface area contributed by atoms with E-state index in [1.54, 1.807) is 14.2 Å². The molecule has 2 saturated heterocycles. The topological polar surface area (TPSA) is 64.6 Å². The Morgan fingerprint density at radius 3 is 2.55 bits per heavy atom. The van der Waals surface area contributed by atoms with E-state index in [1.165, 1.54) is 18.4 Å². The average molecular weight is 547 g/mol. The normalized spacial score (nSPS) is 20.2. The van der Waals surface area contributed by atoms with E-state index in [9.17, 15) is 0 Å². The number of likely N-dealkylation sites (tertiary alicyclic amines) is 1. The molecule has 0 spiro atoms. The van der Waals surface area contributed by atoms with Crippen molar-refractivity contribution in [3.05, 3.63) is 23.8 Å². The maximum absolute atomic E-state index is 6.13. The van der Waals surface area contributed by atoms with Gasteiger partial charge in [-0.15, -0.1) is 24.0 Å². The van der Waals surface area contributed by atoms with Gasteiger partial charge in [-0.3, -0.25) is 4.99 Å². The number of hydrogen-bond donors (Lipinski definition) is 1. The van der Waals surface area contributed by atoms with Crippen molar-refractivity contribution >= 4 is 29.9 Å². The molecule has 1 aromatic carbocycles. The van der Waals surface area contributed by atoms with Gasteiger partial charge in [-0.05, 0) is 56.2 Å². The van der Waals surface area contributed by atoms with Gasteiger partial charge in [-0.2, -0.15) is 0 Å². The van der Waals surface area contributed by atoms with Gasteiger partial charge in [0, 0.05) is 33.3 Å². The molecule has 1 unspecified atom stereocenters. The van der Waals surface area contributed by atoms with Crippen LogP contribution in [-0.2, 0) is 15.9 Å². The molecular weight excluding hydrogens is 509 g/mol. The van der Waals surface area contributed by atoms with Crippen LogP contribution in [0.4, 0.5) is 0 Å². The van der Waals surface area contributed by atoms with E-state index >= 15 is 0 Å². The van der Waals surface area contributed by atoms with Crippen LogP contribution in [0, 0.1) is 0 Å². The number of nitrogens with one attached hydrogen (secondary N) is 1. The van der Waals surface area contributed by atoms with Gasteiger partial charge in [0.1, 0.15) is 0 Å². The fourth-order valence-electron chi connectivity index (χ4n) is 4.10. The average Bonchev–Trinajstić information content (AvgIpc) is 2.81. The van der Waals surface area contributed by atoms with Gasteiger partial charge in [-0.1, -0.05) is 6.07 Å². The van der Waals surface area contributed by atoms with Gasteiger partial charge in [0.2, 0.25) is 0 Å². The Balaban J connectivity index is 0.00000341. The van der Waals surface area contributed by atoms with Gasteiger partial charge in [0.25, 0.3) is 0 Å². The minimum Gasteiger partial charge on any atom is -0.493 e. The number of ether oxygens (including phenoxy) is 4. The largest absolute Gasteiger partial charge is 0.493 e. The monoisotopic (exact) mass is 547 g/mol. The Morgan fingerprint density at radius 2 is 1.90 bits per heavy atom. The number of piperidine rings is 1. The van der Waals surface area contributed by atoms with Crippen LogP contribution in [0.3, 0.4) is 0 Å². The minimum atomic E-state index is 0. The fraction of sp³-hybridized carbons (Fsp3) is 0.696. The summed E-state index contributed by atoms with van der Waals surface area (Å²) in [6.07, 6.45) is 7.16. The lowest BCUT2D eigenvalue weighted by molar-refractivity contribution is -0.0721. The lowest BCUT2D eigenvalue weighted by atomic mass is 10.1. The highest BCUT2D eigenvalue weighted by molar-refractivity contribution is 14.0. The minimum absolute atomic E-state index is 0. The molecule has 31 heavy (non-hydrogen) atoms. The second-order valence-corrected chi connectivity index (χ2v) is 7.92. The molecule has 2 fully saturated rings. The summed E-state index contributed by atoms with van der Waals surface area (Å²) in [7, 11) is 5.17. The number of benzene rings is 1. The molecule has 1 N–H and O–H groups in total. The standard InChI is InChI=1S/C23H37N3O4.HI/c1-24-23(25-12-9-18-7-8-21(27-2)22(16-18)28-3)26-13-10-19(11-14-26)30-17-20-6-4-5-15-29-20;/h7-8,16,19-20H,4-6,9-15,17H2,1-3H3,(H,24,25);1H. The van der Waals surface area contributed by atoms with Gasteiger partial charge < -0.3 is 29.2 Å². The summed E-state index contributed by atoms with van der Waals surface area (Å²) in [5, 5.41) is 3.50. The molecule has 1 atom stereocenters. The van der Waals surface area contributed by atoms with E-state index in [2.05, 4.69) is 21.3 Å². The molecule has 1 aromatic rings. The predicted molar refractivity (Wildman–Crippen MR) is 134 cm³/mol. The number of aliphatic imine (C=N–C) groups is 1. The first-order chi connectivity index (χ1) is 14.7. The molecule has 2 aliphatic rings. The van der Waals surface area contributed by atoms with E-state index in [-0.39, 0.29) is 24.0 Å². The lowest BCUT2D eigenvalue weighted by Crippen LogP contribution is -2.47. The molecule has 2 aliphatic heterocycles. The molecule has 176 valence electrons. The Kier molecular flexibility index (Phi) is 11.7. The van der Waals surface area contributed by atoms with Crippen molar-refractivity contribution in [2.45, 2.75) is 50.7 Å². The highest BCUT2D eigenvalue weighted by Crippen LogP contribution is 2.27. The number of nitrogens with zero attached hydrogens (tertiary/aromatic N) is 2. The first kappa shape index (κ1) is 26.0. The van der Waals surface area contributed by atoms with Gasteiger partial charge in [-0.25, -0.2) is 0 Å². The predicted octanol–water partition coefficient (Wildman–Crippen LogP) is 3.49. The summed E-state index contributed by atoms with van der Waals surface area (Å²) in [5.41, 5.74) is 1.20. The van der Waals surface area contributed by atoms with Crippen molar-refractivity contribution in [1.29, 1.82) is 0 Å². The third kappa shape index (κ3) is 7.98. The van der Waals surface area contributed by atoms with Gasteiger partial charge >= 0.3 is 0 Å². The number of rotatable bonds is 8. The number of guanidine groups is 1. The van der Waals surface area contributed by atoms with Crippen LogP contribution in [0.15, 0.2) is 23.2 Å². The maximum Gasteiger partial charge on any atom is 0.193 e. The third-order valence-electron chi connectivity index (χ3n) is 5.89. The zero-order chi connectivity index (χ0) is 21.2. The van der Waals surface area contributed by atoms with Crippen LogP contribution in [0.1, 0.15) is 37.7 Å². The van der Waals surface area contributed by atoms with Crippen molar-refractivity contribution in [2.24, 2.45) is 4.99 Å². The van der Waals surface area contributed by atoms with Crippen molar-refractivity contribution < 1.29 is 18.9 Å². The maximum atomic E-state index is 6.13. The first-order valence-electron chi connectivity index (χ1n) is 11.1. The summed E-state index contributed by atoms with van der Waals surface area (Å²) < 4.78 is 22.6. The third-order valence-corrected chi connectivity index (χ3v) is 5.89. The summed E-state index contributed by atoms with van der Waals surface area (Å²) in [5.74, 6) is 2.48. The second kappa shape index (κ2) is 14.0. The molecule has 8 heteroatoms. The Morgan fingerprint density at radius 1 is 1.13 bits per heavy atom. The smallest absolute Gasteiger partial charge is 0.193 e. The molecular formula is C23H38IN3O4. The zero-order valence-electron chi connectivity index (χ0n) is 19.1. The molecule has 3 rings (SSSR count). The van der Waals surface area contributed by atoms with Crippen LogP contribution in [0.5, 0.6) is 11.5 Å². The summed E-state index contributed by atoms with van der Waals surface area (Å²) in [6.45, 7) is 4.37. The van der Waals surface area contributed by atoms with Gasteiger partial charge in [0.15, 0.2) is 17.5 Å². The van der Waals surface area contributed by atoms with Crippen LogP contribution in [-0.4, -0.2) is 77.2 Å². The number of halogens is 1. The van der Waals surface area contributed by atoms with Crippen molar-refractivity contribution in [2.75, 3.05) is 54.1 Å². The second-order valence-electron chi connectivity index (χ2n) is 7.92. The summed E-state index contributed by atoms with van der Waals surface area (Å²) in [4.78, 5) is 6.80. The first-order valence-corrected chi connectivity index (χ1v) is 11.1. The van der Waals surface area contributed by atoms with Crippen LogP contribution in [0.2, 0.25) is 0 Å². The molecule has 0 amide bonds. The highest BCUT2D eigenvalue weighted by atomic mass is 127. The van der Waals surface area contributed by atoms with E-state index in [4.69, 9.17) is 18.9 Å². The van der Waals surface area contributed by atoms with Crippen LogP contribution in [0.25, 0.3) is 0 Å². The SMILES string of the molecule is CN=C(NCCc1ccc(OC)c(OC)c1)N1CCC(OCC2CCCCO2)CC1.I. The molecule has 0 saturated carbocycles. The Bertz CT molecular complexity index is 675. The number of methoxy groups -OCH3 is 2. The van der Waals surface area contributed by atoms with Crippen molar-refractivity contribution in [3.63, 3.8) is 0 Å². The molecule has 0 radical (unpaired) electrons. The quantitative estimate of drug-likeness (QED) is 0.306. The van der Waals surface area contributed by atoms with E-state index in [0.717, 1.165) is 76.0 Å². The molecule has 7 nitrogen and oxygen atoms in total. The molecule has 0 aromatic heterocycles. The molecule has 2 heterocycles. The van der Waals surface area contributed by atoms with E-state index < -0.39 is 0 Å². The fourth-order valence-corrected chi connectivity index (χ4v) is 4.10. The van der Waals surface area contributed by atoms with E-state index in [0.29, 0.717) is 12.2 Å². The van der Waals surface area contributed by atoms with Crippen LogP contribution >= 0.6 is 24.0 Å². The van der Waals surface area contributed by atoms with Crippen molar-refractivity contribution in [1.82, 2.24) is 10.2 Å². The molecule has 0 bridgehead atoms. The number of hydrogen-bond acceptors (Lipinski definition) is 5. The summed E-state index contributed by atoms with van der Waals surface area (Å²) >= 11 is 0. The lowest BCUT2D eigenvalue weighted by Gasteiger charge is -2.35.